The normalized spacial score (nSPS) is 35.4. The first-order valence-corrected chi connectivity index (χ1v) is 12.0. The molecule has 0 saturated carbocycles. The minimum atomic E-state index is -1.09. The van der Waals surface area contributed by atoms with Gasteiger partial charge >= 0.3 is 0 Å². The topological polar surface area (TPSA) is 108 Å². The first kappa shape index (κ1) is 23.7. The van der Waals surface area contributed by atoms with Crippen molar-refractivity contribution in [1.29, 1.82) is 0 Å². The molecule has 0 radical (unpaired) electrons. The Morgan fingerprint density at radius 1 is 1.27 bits per heavy atom. The Labute approximate surface area is 195 Å². The van der Waals surface area contributed by atoms with E-state index in [1.165, 1.54) is 4.90 Å². The van der Waals surface area contributed by atoms with Crippen molar-refractivity contribution < 1.29 is 24.2 Å². The van der Waals surface area contributed by atoms with E-state index in [0.29, 0.717) is 18.7 Å². The highest BCUT2D eigenvalue weighted by Gasteiger charge is 2.80. The van der Waals surface area contributed by atoms with Crippen LogP contribution in [0.4, 0.5) is 5.69 Å². The Bertz CT molecular complexity index is 924. The molecule has 7 atom stereocenters. The minimum absolute atomic E-state index is 0.0246. The second kappa shape index (κ2) is 8.72. The minimum Gasteiger partial charge on any atom is -0.394 e. The number of aliphatic hydroxyl groups excluding tert-OH is 1. The molecule has 8 heteroatoms. The highest BCUT2D eigenvalue weighted by Crippen LogP contribution is 2.65. The van der Waals surface area contributed by atoms with E-state index in [0.717, 1.165) is 12.8 Å². The Balaban J connectivity index is 1.73. The molecule has 8 nitrogen and oxygen atoms in total. The van der Waals surface area contributed by atoms with Gasteiger partial charge in [0.1, 0.15) is 11.6 Å². The maximum atomic E-state index is 13.8. The van der Waals surface area contributed by atoms with Gasteiger partial charge in [0.2, 0.25) is 17.7 Å². The molecule has 3 aliphatic rings. The van der Waals surface area contributed by atoms with E-state index in [2.05, 4.69) is 10.6 Å². The van der Waals surface area contributed by atoms with Crippen LogP contribution in [0.25, 0.3) is 0 Å². The molecule has 33 heavy (non-hydrogen) atoms. The number of carbonyl (C=O) groups is 3. The first-order chi connectivity index (χ1) is 15.7. The molecule has 3 fully saturated rings. The first-order valence-electron chi connectivity index (χ1n) is 12.0. The zero-order chi connectivity index (χ0) is 24.0. The van der Waals surface area contributed by atoms with E-state index in [4.69, 9.17) is 4.74 Å². The van der Waals surface area contributed by atoms with E-state index >= 15 is 0 Å². The number of ether oxygens (including phenoxy) is 1. The van der Waals surface area contributed by atoms with Crippen molar-refractivity contribution in [2.24, 2.45) is 17.8 Å². The molecule has 2 bridgehead atoms. The third-order valence-electron chi connectivity index (χ3n) is 7.89. The number of likely N-dealkylation sites (tertiary alicyclic amines) is 1. The lowest BCUT2D eigenvalue weighted by Crippen LogP contribution is -2.57. The number of nitrogens with zero attached hydrogens (tertiary/aromatic N) is 1. The van der Waals surface area contributed by atoms with Crippen molar-refractivity contribution in [1.82, 2.24) is 10.2 Å². The summed E-state index contributed by atoms with van der Waals surface area (Å²) < 4.78 is 6.62. The van der Waals surface area contributed by atoms with Crippen molar-refractivity contribution in [2.75, 3.05) is 18.5 Å². The Kier molecular flexibility index (Phi) is 6.26. The fourth-order valence-electron chi connectivity index (χ4n) is 6.16. The summed E-state index contributed by atoms with van der Waals surface area (Å²) in [6.45, 7) is 7.90. The SMILES string of the molecule is CCCCNC(=O)C1N([C@H](C)CO)C(=O)[C@@H]2[C@H](C(=O)Nc3ccccc3)[C@@]3(C)OC12CC3C. The summed E-state index contributed by atoms with van der Waals surface area (Å²) in [4.78, 5) is 42.3. The van der Waals surface area contributed by atoms with Gasteiger partial charge in [-0.2, -0.15) is 0 Å². The van der Waals surface area contributed by atoms with Crippen molar-refractivity contribution in [3.05, 3.63) is 30.3 Å². The highest BCUT2D eigenvalue weighted by atomic mass is 16.5. The Morgan fingerprint density at radius 2 is 1.97 bits per heavy atom. The van der Waals surface area contributed by atoms with Crippen LogP contribution in [0.5, 0.6) is 0 Å². The number of aliphatic hydroxyl groups is 1. The number of amides is 3. The van der Waals surface area contributed by atoms with Crippen LogP contribution < -0.4 is 10.6 Å². The van der Waals surface area contributed by atoms with Crippen LogP contribution >= 0.6 is 0 Å². The number of hydrogen-bond donors (Lipinski definition) is 3. The maximum absolute atomic E-state index is 13.8. The van der Waals surface area contributed by atoms with Crippen LogP contribution in [0.1, 0.15) is 47.0 Å². The molecule has 1 aromatic carbocycles. The number of hydrogen-bond acceptors (Lipinski definition) is 5. The fourth-order valence-corrected chi connectivity index (χ4v) is 6.16. The second-order valence-electron chi connectivity index (χ2n) is 9.98. The largest absolute Gasteiger partial charge is 0.394 e. The van der Waals surface area contributed by atoms with Crippen molar-refractivity contribution in [3.63, 3.8) is 0 Å². The average Bonchev–Trinajstić information content (AvgIpc) is 3.31. The highest BCUT2D eigenvalue weighted by molar-refractivity contribution is 6.02. The third kappa shape index (κ3) is 3.54. The van der Waals surface area contributed by atoms with Gasteiger partial charge in [-0.1, -0.05) is 38.5 Å². The number of benzene rings is 1. The summed E-state index contributed by atoms with van der Waals surface area (Å²) in [7, 11) is 0. The molecule has 3 aliphatic heterocycles. The molecule has 3 heterocycles. The predicted octanol–water partition coefficient (Wildman–Crippen LogP) is 1.93. The van der Waals surface area contributed by atoms with Crippen LogP contribution in [0.2, 0.25) is 0 Å². The van der Waals surface area contributed by atoms with Gasteiger partial charge in [-0.15, -0.1) is 0 Å². The Morgan fingerprint density at radius 3 is 2.61 bits per heavy atom. The van der Waals surface area contributed by atoms with Gasteiger partial charge in [0.25, 0.3) is 0 Å². The van der Waals surface area contributed by atoms with Gasteiger partial charge in [0.05, 0.1) is 30.1 Å². The van der Waals surface area contributed by atoms with Gasteiger partial charge in [0, 0.05) is 12.2 Å². The third-order valence-corrected chi connectivity index (χ3v) is 7.89. The molecule has 1 aromatic rings. The lowest BCUT2D eigenvalue weighted by molar-refractivity contribution is -0.149. The van der Waals surface area contributed by atoms with Crippen molar-refractivity contribution in [2.45, 2.75) is 70.2 Å². The molecule has 4 rings (SSSR count). The summed E-state index contributed by atoms with van der Waals surface area (Å²) >= 11 is 0. The number of nitrogens with one attached hydrogen (secondary N) is 2. The molecular weight excluding hydrogens is 422 g/mol. The standard InChI is InChI=1S/C25H35N3O5/c1-5-6-12-26-22(31)20-25-13-15(2)24(4,33-25)18(19(25)23(32)28(20)16(3)14-29)21(30)27-17-10-8-7-9-11-17/h7-11,15-16,18-20,29H,5-6,12-14H2,1-4H3,(H,26,31)(H,27,30)/t15?,16-,18-,19+,20?,24+,25?/m1/s1. The molecule has 0 aliphatic carbocycles. The number of unbranched alkanes of at least 4 members (excludes halogenated alkanes) is 1. The van der Waals surface area contributed by atoms with Gasteiger partial charge in [0.15, 0.2) is 0 Å². The summed E-state index contributed by atoms with van der Waals surface area (Å²) in [6.07, 6.45) is 2.27. The summed E-state index contributed by atoms with van der Waals surface area (Å²) in [5.41, 5.74) is -1.31. The molecular formula is C25H35N3O5. The van der Waals surface area contributed by atoms with E-state index in [-0.39, 0.29) is 30.2 Å². The van der Waals surface area contributed by atoms with Crippen molar-refractivity contribution in [3.8, 4) is 0 Å². The maximum Gasteiger partial charge on any atom is 0.245 e. The number of para-hydroxylation sites is 1. The summed E-state index contributed by atoms with van der Waals surface area (Å²) in [6, 6.07) is 7.69. The van der Waals surface area contributed by atoms with Gasteiger partial charge in [-0.25, -0.2) is 0 Å². The van der Waals surface area contributed by atoms with Crippen LogP contribution in [0.3, 0.4) is 0 Å². The molecule has 3 amide bonds. The summed E-state index contributed by atoms with van der Waals surface area (Å²) in [5, 5.41) is 15.8. The zero-order valence-electron chi connectivity index (χ0n) is 19.8. The fraction of sp³-hybridized carbons (Fsp3) is 0.640. The van der Waals surface area contributed by atoms with Crippen LogP contribution in [0.15, 0.2) is 30.3 Å². The molecule has 0 aromatic heterocycles. The van der Waals surface area contributed by atoms with E-state index < -0.39 is 35.1 Å². The monoisotopic (exact) mass is 457 g/mol. The number of rotatable bonds is 8. The number of carbonyl (C=O) groups excluding carboxylic acids is 3. The van der Waals surface area contributed by atoms with Crippen molar-refractivity contribution >= 4 is 23.4 Å². The lowest BCUT2D eigenvalue weighted by atomic mass is 9.62. The van der Waals surface area contributed by atoms with E-state index in [9.17, 15) is 19.5 Å². The summed E-state index contributed by atoms with van der Waals surface area (Å²) in [5.74, 6) is -2.40. The Hall–Kier alpha value is -2.45. The smallest absolute Gasteiger partial charge is 0.245 e. The molecule has 3 saturated heterocycles. The average molecular weight is 458 g/mol. The molecule has 3 unspecified atom stereocenters. The van der Waals surface area contributed by atoms with Crippen LogP contribution in [-0.4, -0.2) is 64.2 Å². The zero-order valence-corrected chi connectivity index (χ0v) is 19.8. The molecule has 180 valence electrons. The van der Waals surface area contributed by atoms with Gasteiger partial charge in [-0.3, -0.25) is 14.4 Å². The van der Waals surface area contributed by atoms with Gasteiger partial charge in [-0.05, 0) is 44.7 Å². The van der Waals surface area contributed by atoms with E-state index in [1.54, 1.807) is 19.1 Å². The van der Waals surface area contributed by atoms with Gasteiger partial charge < -0.3 is 25.4 Å². The quantitative estimate of drug-likeness (QED) is 0.517. The van der Waals surface area contributed by atoms with Crippen LogP contribution in [-0.2, 0) is 19.1 Å². The molecule has 1 spiro atoms. The number of anilines is 1. The predicted molar refractivity (Wildman–Crippen MR) is 123 cm³/mol. The molecule has 3 N–H and O–H groups in total. The van der Waals surface area contributed by atoms with E-state index in [1.807, 2.05) is 39.0 Å². The van der Waals surface area contributed by atoms with Crippen LogP contribution in [0, 0.1) is 17.8 Å². The lowest BCUT2D eigenvalue weighted by Gasteiger charge is -2.36. The number of fused-ring (bicyclic) bond motifs is 1. The second-order valence-corrected chi connectivity index (χ2v) is 9.98.